The Morgan fingerprint density at radius 3 is 3.00 bits per heavy atom. The Hall–Kier alpha value is -2.45. The highest BCUT2D eigenvalue weighted by Gasteiger charge is 2.17. The van der Waals surface area contributed by atoms with Crippen LogP contribution in [-0.2, 0) is 11.3 Å². The van der Waals surface area contributed by atoms with Crippen LogP contribution in [0.4, 0.5) is 0 Å². The van der Waals surface area contributed by atoms with E-state index >= 15 is 0 Å². The van der Waals surface area contributed by atoms with Crippen LogP contribution < -0.4 is 5.32 Å². The van der Waals surface area contributed by atoms with Gasteiger partial charge in [0.15, 0.2) is 5.65 Å². The summed E-state index contributed by atoms with van der Waals surface area (Å²) in [7, 11) is 0. The number of rotatable bonds is 5. The first-order valence-electron chi connectivity index (χ1n) is 7.78. The number of carbonyl (C=O) groups is 1. The lowest BCUT2D eigenvalue weighted by atomic mass is 10.2. The highest BCUT2D eigenvalue weighted by molar-refractivity contribution is 8.00. The van der Waals surface area contributed by atoms with Gasteiger partial charge in [-0.3, -0.25) is 4.79 Å². The van der Waals surface area contributed by atoms with Crippen molar-refractivity contribution >= 4 is 51.1 Å². The lowest BCUT2D eigenvalue weighted by Crippen LogP contribution is -2.30. The zero-order valence-electron chi connectivity index (χ0n) is 13.4. The lowest BCUT2D eigenvalue weighted by molar-refractivity contribution is -0.120. The molecule has 3 aromatic heterocycles. The molecule has 0 saturated carbocycles. The molecule has 0 saturated heterocycles. The average molecular weight is 369 g/mol. The van der Waals surface area contributed by atoms with Gasteiger partial charge in [-0.15, -0.1) is 21.5 Å². The first kappa shape index (κ1) is 16.0. The largest absolute Gasteiger partial charge is 0.350 e. The van der Waals surface area contributed by atoms with Gasteiger partial charge in [0, 0.05) is 15.8 Å². The van der Waals surface area contributed by atoms with Gasteiger partial charge in [0.1, 0.15) is 5.52 Å². The summed E-state index contributed by atoms with van der Waals surface area (Å²) in [6.45, 7) is 2.38. The molecule has 6 nitrogen and oxygen atoms in total. The van der Waals surface area contributed by atoms with E-state index in [0.717, 1.165) is 21.3 Å². The summed E-state index contributed by atoms with van der Waals surface area (Å²) in [6.07, 6.45) is 0. The standard InChI is InChI=1S/C17H15N5OS2/c1-10(16(23)18-9-11-5-4-8-24-11)25-17-20-15-14(21-22-17)12-6-2-3-7-13(12)19-15/h2-8,10H,9H2,1H3,(H,18,23)(H,19,20,22)/t10-/m0/s1. The molecule has 4 aromatic rings. The van der Waals surface area contributed by atoms with Crippen LogP contribution in [0.25, 0.3) is 22.1 Å². The van der Waals surface area contributed by atoms with Gasteiger partial charge in [0.25, 0.3) is 0 Å². The van der Waals surface area contributed by atoms with Crippen LogP contribution in [0, 0.1) is 0 Å². The number of nitrogens with zero attached hydrogens (tertiary/aromatic N) is 3. The summed E-state index contributed by atoms with van der Waals surface area (Å²) in [5, 5.41) is 14.5. The van der Waals surface area contributed by atoms with Crippen molar-refractivity contribution in [2.24, 2.45) is 0 Å². The van der Waals surface area contributed by atoms with Crippen molar-refractivity contribution in [3.05, 3.63) is 46.7 Å². The smallest absolute Gasteiger partial charge is 0.233 e. The van der Waals surface area contributed by atoms with Crippen molar-refractivity contribution < 1.29 is 4.79 Å². The molecular weight excluding hydrogens is 354 g/mol. The zero-order chi connectivity index (χ0) is 17.2. The zero-order valence-corrected chi connectivity index (χ0v) is 15.0. The summed E-state index contributed by atoms with van der Waals surface area (Å²) in [4.78, 5) is 21.1. The second kappa shape index (κ2) is 6.81. The van der Waals surface area contributed by atoms with E-state index in [-0.39, 0.29) is 11.2 Å². The van der Waals surface area contributed by atoms with E-state index in [9.17, 15) is 4.79 Å². The van der Waals surface area contributed by atoms with E-state index < -0.39 is 0 Å². The number of H-pyrrole nitrogens is 1. The maximum atomic E-state index is 12.2. The molecule has 1 atom stereocenters. The summed E-state index contributed by atoms with van der Waals surface area (Å²) in [5.74, 6) is -0.0428. The highest BCUT2D eigenvalue weighted by Crippen LogP contribution is 2.25. The average Bonchev–Trinajstić information content (AvgIpc) is 3.26. The topological polar surface area (TPSA) is 83.6 Å². The normalized spacial score (nSPS) is 12.5. The molecule has 0 aliphatic carbocycles. The Balaban J connectivity index is 1.47. The van der Waals surface area contributed by atoms with Gasteiger partial charge in [0.2, 0.25) is 11.1 Å². The Kier molecular flexibility index (Phi) is 4.37. The van der Waals surface area contributed by atoms with Crippen molar-refractivity contribution in [2.45, 2.75) is 23.9 Å². The van der Waals surface area contributed by atoms with Crippen molar-refractivity contribution in [3.63, 3.8) is 0 Å². The molecule has 0 unspecified atom stereocenters. The predicted octanol–water partition coefficient (Wildman–Crippen LogP) is 3.36. The van der Waals surface area contributed by atoms with Crippen molar-refractivity contribution in [2.75, 3.05) is 0 Å². The van der Waals surface area contributed by atoms with Gasteiger partial charge in [-0.25, -0.2) is 4.98 Å². The third-order valence-electron chi connectivity index (χ3n) is 3.77. The number of carbonyl (C=O) groups excluding carboxylic acids is 1. The first-order chi connectivity index (χ1) is 12.2. The van der Waals surface area contributed by atoms with E-state index in [1.165, 1.54) is 11.8 Å². The van der Waals surface area contributed by atoms with Crippen LogP contribution >= 0.6 is 23.1 Å². The number of hydrogen-bond acceptors (Lipinski definition) is 6. The number of amides is 1. The Morgan fingerprint density at radius 2 is 2.16 bits per heavy atom. The number of para-hydroxylation sites is 1. The monoisotopic (exact) mass is 369 g/mol. The van der Waals surface area contributed by atoms with Crippen LogP contribution in [0.15, 0.2) is 46.9 Å². The van der Waals surface area contributed by atoms with Gasteiger partial charge < -0.3 is 10.3 Å². The number of fused-ring (bicyclic) bond motifs is 3. The predicted molar refractivity (Wildman–Crippen MR) is 101 cm³/mol. The number of aromatic amines is 1. The molecule has 0 radical (unpaired) electrons. The first-order valence-corrected chi connectivity index (χ1v) is 9.54. The molecule has 8 heteroatoms. The second-order valence-corrected chi connectivity index (χ2v) is 7.86. The van der Waals surface area contributed by atoms with Crippen LogP contribution in [0.1, 0.15) is 11.8 Å². The maximum Gasteiger partial charge on any atom is 0.233 e. The minimum absolute atomic E-state index is 0.0428. The highest BCUT2D eigenvalue weighted by atomic mass is 32.2. The third-order valence-corrected chi connectivity index (χ3v) is 5.60. The van der Waals surface area contributed by atoms with Gasteiger partial charge >= 0.3 is 0 Å². The van der Waals surface area contributed by atoms with E-state index in [1.807, 2.05) is 48.7 Å². The Labute approximate surface area is 152 Å². The quantitative estimate of drug-likeness (QED) is 0.527. The number of nitrogens with one attached hydrogen (secondary N) is 2. The number of benzene rings is 1. The Bertz CT molecular complexity index is 1030. The number of thioether (sulfide) groups is 1. The molecule has 0 aliphatic heterocycles. The van der Waals surface area contributed by atoms with Gasteiger partial charge in [0.05, 0.1) is 11.8 Å². The second-order valence-electron chi connectivity index (χ2n) is 5.52. The molecule has 3 heterocycles. The fourth-order valence-corrected chi connectivity index (χ4v) is 3.88. The molecule has 0 bridgehead atoms. The lowest BCUT2D eigenvalue weighted by Gasteiger charge is -2.10. The number of aromatic nitrogens is 4. The van der Waals surface area contributed by atoms with Crippen LogP contribution in [0.5, 0.6) is 0 Å². The summed E-state index contributed by atoms with van der Waals surface area (Å²) >= 11 is 2.92. The molecule has 126 valence electrons. The maximum absolute atomic E-state index is 12.2. The van der Waals surface area contributed by atoms with Gasteiger partial charge in [-0.1, -0.05) is 36.0 Å². The fraction of sp³-hybridized carbons (Fsp3) is 0.176. The van der Waals surface area contributed by atoms with E-state index in [4.69, 9.17) is 0 Å². The Morgan fingerprint density at radius 1 is 1.28 bits per heavy atom. The van der Waals surface area contributed by atoms with Crippen LogP contribution in [-0.4, -0.2) is 31.3 Å². The van der Waals surface area contributed by atoms with Crippen LogP contribution in [0.2, 0.25) is 0 Å². The summed E-state index contributed by atoms with van der Waals surface area (Å²) < 4.78 is 0. The summed E-state index contributed by atoms with van der Waals surface area (Å²) in [5.41, 5.74) is 2.41. The minimum Gasteiger partial charge on any atom is -0.350 e. The molecular formula is C17H15N5OS2. The molecule has 2 N–H and O–H groups in total. The SMILES string of the molecule is C[C@H](Sc1nnc2c(n1)[nH]c1ccccc12)C(=O)NCc1cccs1. The third kappa shape index (κ3) is 3.35. The van der Waals surface area contributed by atoms with Crippen molar-refractivity contribution in [1.29, 1.82) is 0 Å². The van der Waals surface area contributed by atoms with Crippen molar-refractivity contribution in [3.8, 4) is 0 Å². The molecule has 25 heavy (non-hydrogen) atoms. The molecule has 0 aliphatic rings. The summed E-state index contributed by atoms with van der Waals surface area (Å²) in [6, 6.07) is 11.9. The van der Waals surface area contributed by atoms with Gasteiger partial charge in [-0.05, 0) is 24.4 Å². The number of thiophene rings is 1. The molecule has 0 fully saturated rings. The van der Waals surface area contributed by atoms with Gasteiger partial charge in [-0.2, -0.15) is 0 Å². The molecule has 0 spiro atoms. The van der Waals surface area contributed by atoms with E-state index in [2.05, 4.69) is 25.5 Å². The minimum atomic E-state index is -0.302. The van der Waals surface area contributed by atoms with E-state index in [1.54, 1.807) is 11.3 Å². The molecule has 4 rings (SSSR count). The van der Waals surface area contributed by atoms with E-state index in [0.29, 0.717) is 17.3 Å². The van der Waals surface area contributed by atoms with Crippen LogP contribution in [0.3, 0.4) is 0 Å². The molecule has 1 amide bonds. The van der Waals surface area contributed by atoms with Crippen molar-refractivity contribution in [1.82, 2.24) is 25.5 Å². The fourth-order valence-electron chi connectivity index (χ4n) is 2.50. The molecule has 1 aromatic carbocycles. The number of hydrogen-bond donors (Lipinski definition) is 2.